The molecule has 1 atom stereocenters. The fourth-order valence-corrected chi connectivity index (χ4v) is 3.69. The van der Waals surface area contributed by atoms with Crippen LogP contribution in [-0.4, -0.2) is 48.9 Å². The first-order valence-corrected chi connectivity index (χ1v) is 11.0. The summed E-state index contributed by atoms with van der Waals surface area (Å²) in [7, 11) is 0. The van der Waals surface area contributed by atoms with E-state index in [1.54, 1.807) is 4.90 Å². The summed E-state index contributed by atoms with van der Waals surface area (Å²) in [6.07, 6.45) is 2.38. The SMILES string of the molecule is Cc1ccc(CCC(=O)NCCOC(=O)C2CCCN(C(=O)c3ccc(F)cc3)C2)cc1. The van der Waals surface area contributed by atoms with Gasteiger partial charge in [0.2, 0.25) is 5.91 Å². The van der Waals surface area contributed by atoms with Gasteiger partial charge in [0.15, 0.2) is 0 Å². The Morgan fingerprint density at radius 2 is 1.81 bits per heavy atom. The molecule has 0 saturated carbocycles. The predicted molar refractivity (Wildman–Crippen MR) is 118 cm³/mol. The normalized spacial score (nSPS) is 15.8. The van der Waals surface area contributed by atoms with E-state index in [1.807, 2.05) is 31.2 Å². The van der Waals surface area contributed by atoms with Gasteiger partial charge in [-0.2, -0.15) is 0 Å². The number of carbonyl (C=O) groups excluding carboxylic acids is 3. The second-order valence-corrected chi connectivity index (χ2v) is 8.10. The number of hydrogen-bond donors (Lipinski definition) is 1. The number of amides is 2. The second kappa shape index (κ2) is 11.4. The molecule has 1 aliphatic rings. The Morgan fingerprint density at radius 3 is 2.53 bits per heavy atom. The van der Waals surface area contributed by atoms with Crippen LogP contribution in [0.5, 0.6) is 0 Å². The molecule has 0 aromatic heterocycles. The molecule has 1 heterocycles. The van der Waals surface area contributed by atoms with Crippen LogP contribution in [-0.2, 0) is 20.7 Å². The van der Waals surface area contributed by atoms with E-state index in [4.69, 9.17) is 4.74 Å². The number of carbonyl (C=O) groups is 3. The fourth-order valence-electron chi connectivity index (χ4n) is 3.69. The van der Waals surface area contributed by atoms with Crippen molar-refractivity contribution in [3.05, 3.63) is 71.0 Å². The van der Waals surface area contributed by atoms with Gasteiger partial charge in [0.25, 0.3) is 5.91 Å². The van der Waals surface area contributed by atoms with Gasteiger partial charge in [0.05, 0.1) is 12.5 Å². The van der Waals surface area contributed by atoms with Gasteiger partial charge < -0.3 is 15.0 Å². The Bertz CT molecular complexity index is 928. The van der Waals surface area contributed by atoms with E-state index in [1.165, 1.54) is 29.8 Å². The van der Waals surface area contributed by atoms with Crippen molar-refractivity contribution in [2.75, 3.05) is 26.2 Å². The van der Waals surface area contributed by atoms with E-state index in [9.17, 15) is 18.8 Å². The molecule has 2 amide bonds. The van der Waals surface area contributed by atoms with E-state index in [-0.39, 0.29) is 37.5 Å². The quantitative estimate of drug-likeness (QED) is 0.505. The number of nitrogens with zero attached hydrogens (tertiary/aromatic N) is 1. The highest BCUT2D eigenvalue weighted by atomic mass is 19.1. The molecular weight excluding hydrogens is 411 g/mol. The number of benzene rings is 2. The molecule has 1 aliphatic heterocycles. The summed E-state index contributed by atoms with van der Waals surface area (Å²) >= 11 is 0. The average Bonchev–Trinajstić information content (AvgIpc) is 2.81. The second-order valence-electron chi connectivity index (χ2n) is 8.10. The van der Waals surface area contributed by atoms with Gasteiger partial charge in [0, 0.05) is 25.1 Å². The van der Waals surface area contributed by atoms with Crippen molar-refractivity contribution in [1.29, 1.82) is 0 Å². The molecular formula is C25H29FN2O4. The molecule has 1 N–H and O–H groups in total. The Hall–Kier alpha value is -3.22. The number of likely N-dealkylation sites (tertiary alicyclic amines) is 1. The number of esters is 1. The van der Waals surface area contributed by atoms with Gasteiger partial charge >= 0.3 is 5.97 Å². The first-order chi connectivity index (χ1) is 15.4. The van der Waals surface area contributed by atoms with Crippen molar-refractivity contribution < 1.29 is 23.5 Å². The van der Waals surface area contributed by atoms with Crippen molar-refractivity contribution >= 4 is 17.8 Å². The molecule has 3 rings (SSSR count). The van der Waals surface area contributed by atoms with Gasteiger partial charge in [-0.3, -0.25) is 14.4 Å². The van der Waals surface area contributed by atoms with E-state index in [2.05, 4.69) is 5.32 Å². The third-order valence-electron chi connectivity index (χ3n) is 5.56. The highest BCUT2D eigenvalue weighted by Crippen LogP contribution is 2.20. The number of nitrogens with one attached hydrogen (secondary N) is 1. The highest BCUT2D eigenvalue weighted by Gasteiger charge is 2.30. The van der Waals surface area contributed by atoms with Crippen LogP contribution < -0.4 is 5.32 Å². The summed E-state index contributed by atoms with van der Waals surface area (Å²) in [6, 6.07) is 13.5. The lowest BCUT2D eigenvalue weighted by Gasteiger charge is -2.31. The van der Waals surface area contributed by atoms with Crippen LogP contribution in [0.25, 0.3) is 0 Å². The Kier molecular flexibility index (Phi) is 8.36. The topological polar surface area (TPSA) is 75.7 Å². The molecule has 2 aromatic rings. The third-order valence-corrected chi connectivity index (χ3v) is 5.56. The minimum atomic E-state index is -0.399. The largest absolute Gasteiger partial charge is 0.464 e. The number of hydrogen-bond acceptors (Lipinski definition) is 4. The van der Waals surface area contributed by atoms with E-state index in [0.717, 1.165) is 5.56 Å². The molecule has 0 bridgehead atoms. The lowest BCUT2D eigenvalue weighted by atomic mass is 9.97. The Balaban J connectivity index is 1.36. The summed E-state index contributed by atoms with van der Waals surface area (Å²) in [5.74, 6) is -1.47. The summed E-state index contributed by atoms with van der Waals surface area (Å²) in [5, 5.41) is 2.76. The number of ether oxygens (including phenoxy) is 1. The lowest BCUT2D eigenvalue weighted by Crippen LogP contribution is -2.43. The van der Waals surface area contributed by atoms with Crippen LogP contribution in [0.4, 0.5) is 4.39 Å². The van der Waals surface area contributed by atoms with E-state index in [0.29, 0.717) is 37.8 Å². The first-order valence-electron chi connectivity index (χ1n) is 11.0. The molecule has 0 radical (unpaired) electrons. The summed E-state index contributed by atoms with van der Waals surface area (Å²) in [5.41, 5.74) is 2.68. The van der Waals surface area contributed by atoms with Crippen molar-refractivity contribution in [2.45, 2.75) is 32.6 Å². The minimum absolute atomic E-state index is 0.0876. The summed E-state index contributed by atoms with van der Waals surface area (Å²) < 4.78 is 18.4. The molecule has 1 unspecified atom stereocenters. The van der Waals surface area contributed by atoms with Crippen molar-refractivity contribution in [1.82, 2.24) is 10.2 Å². The molecule has 1 saturated heterocycles. The van der Waals surface area contributed by atoms with Crippen LogP contribution in [0.15, 0.2) is 48.5 Å². The zero-order chi connectivity index (χ0) is 22.9. The molecule has 2 aromatic carbocycles. The molecule has 0 aliphatic carbocycles. The van der Waals surface area contributed by atoms with Gasteiger partial charge in [-0.25, -0.2) is 4.39 Å². The molecule has 32 heavy (non-hydrogen) atoms. The maximum Gasteiger partial charge on any atom is 0.310 e. The number of rotatable bonds is 8. The first kappa shape index (κ1) is 23.4. The average molecular weight is 441 g/mol. The van der Waals surface area contributed by atoms with Crippen LogP contribution in [0.1, 0.15) is 40.7 Å². The molecule has 6 nitrogen and oxygen atoms in total. The van der Waals surface area contributed by atoms with Gasteiger partial charge in [0.1, 0.15) is 12.4 Å². The maximum absolute atomic E-state index is 13.1. The molecule has 0 spiro atoms. The van der Waals surface area contributed by atoms with Crippen LogP contribution >= 0.6 is 0 Å². The minimum Gasteiger partial charge on any atom is -0.464 e. The lowest BCUT2D eigenvalue weighted by molar-refractivity contribution is -0.150. The smallest absolute Gasteiger partial charge is 0.310 e. The van der Waals surface area contributed by atoms with Crippen LogP contribution in [0.3, 0.4) is 0 Å². The standard InChI is InChI=1S/C25H29FN2O4/c1-18-4-6-19(7-5-18)8-13-23(29)27-14-16-32-25(31)21-3-2-15-28(17-21)24(30)20-9-11-22(26)12-10-20/h4-7,9-12,21H,2-3,8,13-17H2,1H3,(H,27,29). The third kappa shape index (κ3) is 6.90. The monoisotopic (exact) mass is 440 g/mol. The number of piperidine rings is 1. The van der Waals surface area contributed by atoms with E-state index >= 15 is 0 Å². The fraction of sp³-hybridized carbons (Fsp3) is 0.400. The zero-order valence-electron chi connectivity index (χ0n) is 18.3. The van der Waals surface area contributed by atoms with Crippen molar-refractivity contribution in [3.63, 3.8) is 0 Å². The maximum atomic E-state index is 13.1. The molecule has 7 heteroatoms. The summed E-state index contributed by atoms with van der Waals surface area (Å²) in [4.78, 5) is 38.6. The Morgan fingerprint density at radius 1 is 1.09 bits per heavy atom. The molecule has 1 fully saturated rings. The molecule has 170 valence electrons. The van der Waals surface area contributed by atoms with Gasteiger partial charge in [-0.15, -0.1) is 0 Å². The predicted octanol–water partition coefficient (Wildman–Crippen LogP) is 3.28. The van der Waals surface area contributed by atoms with Gasteiger partial charge in [-0.05, 0) is 56.0 Å². The van der Waals surface area contributed by atoms with Crippen LogP contribution in [0.2, 0.25) is 0 Å². The number of halogens is 1. The highest BCUT2D eigenvalue weighted by molar-refractivity contribution is 5.94. The zero-order valence-corrected chi connectivity index (χ0v) is 18.3. The Labute approximate surface area is 187 Å². The number of aryl methyl sites for hydroxylation is 2. The van der Waals surface area contributed by atoms with Crippen molar-refractivity contribution in [3.8, 4) is 0 Å². The summed E-state index contributed by atoms with van der Waals surface area (Å²) in [6.45, 7) is 3.20. The van der Waals surface area contributed by atoms with Crippen LogP contribution in [0, 0.1) is 18.7 Å². The van der Waals surface area contributed by atoms with Crippen molar-refractivity contribution in [2.24, 2.45) is 5.92 Å². The van der Waals surface area contributed by atoms with E-state index < -0.39 is 11.7 Å². The van der Waals surface area contributed by atoms with Gasteiger partial charge in [-0.1, -0.05) is 29.8 Å².